The van der Waals surface area contributed by atoms with Crippen LogP contribution in [0.1, 0.15) is 33.3 Å². The number of hydrogen-bond donors (Lipinski definition) is 2. The zero-order valence-corrected chi connectivity index (χ0v) is 16.2. The highest BCUT2D eigenvalue weighted by Gasteiger charge is 2.10. The average molecular weight is 400 g/mol. The lowest BCUT2D eigenvalue weighted by molar-refractivity contribution is -0.119. The van der Waals surface area contributed by atoms with Gasteiger partial charge in [0, 0.05) is 41.5 Å². The normalized spacial score (nSPS) is 10.4. The fourth-order valence-corrected chi connectivity index (χ4v) is 3.48. The van der Waals surface area contributed by atoms with Crippen LogP contribution in [0.15, 0.2) is 54.7 Å². The van der Waals surface area contributed by atoms with Crippen LogP contribution in [0.3, 0.4) is 0 Å². The Morgan fingerprint density at radius 1 is 1.11 bits per heavy atom. The molecule has 0 atom stereocenters. The lowest BCUT2D eigenvalue weighted by atomic mass is 10.1. The summed E-state index contributed by atoms with van der Waals surface area (Å²) in [5.74, 6) is -0.312. The quantitative estimate of drug-likeness (QED) is 0.650. The Labute approximate surface area is 166 Å². The third-order valence-corrected chi connectivity index (χ3v) is 5.14. The molecule has 1 heterocycles. The molecular formula is C20H18ClN3O2S. The SMILES string of the molecule is CC(=O)NCc1ccc(C(=O)Nc2ncc(Cc3ccccc3Cl)s2)cc1. The van der Waals surface area contributed by atoms with E-state index in [1.165, 1.54) is 18.3 Å². The van der Waals surface area contributed by atoms with Crippen molar-refractivity contribution in [3.05, 3.63) is 81.3 Å². The Bertz CT molecular complexity index is 954. The summed E-state index contributed by atoms with van der Waals surface area (Å²) in [5.41, 5.74) is 2.48. The van der Waals surface area contributed by atoms with E-state index >= 15 is 0 Å². The van der Waals surface area contributed by atoms with E-state index in [0.29, 0.717) is 23.7 Å². The van der Waals surface area contributed by atoms with Crippen molar-refractivity contribution in [2.75, 3.05) is 5.32 Å². The first-order chi connectivity index (χ1) is 13.0. The van der Waals surface area contributed by atoms with Crippen molar-refractivity contribution in [2.45, 2.75) is 19.9 Å². The van der Waals surface area contributed by atoms with Gasteiger partial charge in [0.2, 0.25) is 5.91 Å². The van der Waals surface area contributed by atoms with Gasteiger partial charge in [-0.2, -0.15) is 0 Å². The van der Waals surface area contributed by atoms with Crippen LogP contribution in [0.2, 0.25) is 5.02 Å². The molecule has 0 spiro atoms. The topological polar surface area (TPSA) is 71.1 Å². The summed E-state index contributed by atoms with van der Waals surface area (Å²) in [5, 5.41) is 6.80. The van der Waals surface area contributed by atoms with Gasteiger partial charge < -0.3 is 5.32 Å². The second kappa shape index (κ2) is 8.79. The maximum absolute atomic E-state index is 12.4. The van der Waals surface area contributed by atoms with Gasteiger partial charge in [-0.3, -0.25) is 14.9 Å². The minimum Gasteiger partial charge on any atom is -0.352 e. The molecule has 2 amide bonds. The molecule has 2 aromatic carbocycles. The summed E-state index contributed by atoms with van der Waals surface area (Å²) >= 11 is 7.61. The van der Waals surface area contributed by atoms with Gasteiger partial charge in [-0.1, -0.05) is 41.9 Å². The Balaban J connectivity index is 1.60. The van der Waals surface area contributed by atoms with Crippen molar-refractivity contribution in [1.29, 1.82) is 0 Å². The van der Waals surface area contributed by atoms with Gasteiger partial charge in [-0.25, -0.2) is 4.98 Å². The minimum atomic E-state index is -0.222. The molecule has 0 aliphatic heterocycles. The summed E-state index contributed by atoms with van der Waals surface area (Å²) < 4.78 is 0. The van der Waals surface area contributed by atoms with E-state index < -0.39 is 0 Å². The van der Waals surface area contributed by atoms with Crippen LogP contribution >= 0.6 is 22.9 Å². The second-order valence-electron chi connectivity index (χ2n) is 5.96. The highest BCUT2D eigenvalue weighted by atomic mass is 35.5. The Morgan fingerprint density at radius 3 is 2.56 bits per heavy atom. The number of carbonyl (C=O) groups excluding carboxylic acids is 2. The average Bonchev–Trinajstić information content (AvgIpc) is 3.09. The molecule has 7 heteroatoms. The number of aromatic nitrogens is 1. The fraction of sp³-hybridized carbons (Fsp3) is 0.150. The third kappa shape index (κ3) is 5.39. The molecule has 2 N–H and O–H groups in total. The zero-order chi connectivity index (χ0) is 19.2. The number of nitrogens with one attached hydrogen (secondary N) is 2. The maximum Gasteiger partial charge on any atom is 0.257 e. The smallest absolute Gasteiger partial charge is 0.257 e. The Morgan fingerprint density at radius 2 is 1.85 bits per heavy atom. The van der Waals surface area contributed by atoms with Gasteiger partial charge in [-0.15, -0.1) is 11.3 Å². The molecule has 138 valence electrons. The number of anilines is 1. The first-order valence-electron chi connectivity index (χ1n) is 8.34. The molecule has 0 aliphatic rings. The number of nitrogens with zero attached hydrogens (tertiary/aromatic N) is 1. The number of hydrogen-bond acceptors (Lipinski definition) is 4. The van der Waals surface area contributed by atoms with Gasteiger partial charge in [0.15, 0.2) is 5.13 Å². The van der Waals surface area contributed by atoms with Crippen molar-refractivity contribution in [2.24, 2.45) is 0 Å². The monoisotopic (exact) mass is 399 g/mol. The highest BCUT2D eigenvalue weighted by Crippen LogP contribution is 2.25. The van der Waals surface area contributed by atoms with E-state index in [4.69, 9.17) is 11.6 Å². The number of halogens is 1. The van der Waals surface area contributed by atoms with Crippen LogP contribution in [-0.4, -0.2) is 16.8 Å². The largest absolute Gasteiger partial charge is 0.352 e. The Hall–Kier alpha value is -2.70. The molecule has 0 saturated carbocycles. The van der Waals surface area contributed by atoms with E-state index in [-0.39, 0.29) is 11.8 Å². The molecule has 0 saturated heterocycles. The fourth-order valence-electron chi connectivity index (χ4n) is 2.45. The molecule has 3 aromatic rings. The van der Waals surface area contributed by atoms with Crippen LogP contribution in [0, 0.1) is 0 Å². The number of benzene rings is 2. The number of carbonyl (C=O) groups is 2. The molecule has 1 aromatic heterocycles. The first kappa shape index (κ1) is 19.1. The maximum atomic E-state index is 12.4. The van der Waals surface area contributed by atoms with Crippen molar-refractivity contribution in [3.63, 3.8) is 0 Å². The molecular weight excluding hydrogens is 382 g/mol. The summed E-state index contributed by atoms with van der Waals surface area (Å²) in [6.07, 6.45) is 2.42. The van der Waals surface area contributed by atoms with Crippen LogP contribution in [0.25, 0.3) is 0 Å². The molecule has 0 fully saturated rings. The van der Waals surface area contributed by atoms with Gasteiger partial charge in [-0.05, 0) is 29.3 Å². The van der Waals surface area contributed by atoms with Gasteiger partial charge in [0.1, 0.15) is 0 Å². The van der Waals surface area contributed by atoms with Crippen LogP contribution in [0.5, 0.6) is 0 Å². The summed E-state index contributed by atoms with van der Waals surface area (Å²) in [6.45, 7) is 1.91. The van der Waals surface area contributed by atoms with Crippen molar-refractivity contribution in [1.82, 2.24) is 10.3 Å². The molecule has 3 rings (SSSR count). The van der Waals surface area contributed by atoms with E-state index in [2.05, 4.69) is 15.6 Å². The van der Waals surface area contributed by atoms with E-state index in [1.807, 2.05) is 36.4 Å². The van der Waals surface area contributed by atoms with Gasteiger partial charge in [0.25, 0.3) is 5.91 Å². The predicted molar refractivity (Wildman–Crippen MR) is 108 cm³/mol. The summed E-state index contributed by atoms with van der Waals surface area (Å²) in [6, 6.07) is 14.8. The third-order valence-electron chi connectivity index (χ3n) is 3.85. The second-order valence-corrected chi connectivity index (χ2v) is 7.48. The summed E-state index contributed by atoms with van der Waals surface area (Å²) in [7, 11) is 0. The lowest BCUT2D eigenvalue weighted by Crippen LogP contribution is -2.19. The van der Waals surface area contributed by atoms with E-state index in [0.717, 1.165) is 21.0 Å². The summed E-state index contributed by atoms with van der Waals surface area (Å²) in [4.78, 5) is 28.6. The predicted octanol–water partition coefficient (Wildman–Crippen LogP) is 4.28. The number of rotatable bonds is 6. The molecule has 0 unspecified atom stereocenters. The van der Waals surface area contributed by atoms with Crippen LogP contribution < -0.4 is 10.6 Å². The molecule has 27 heavy (non-hydrogen) atoms. The molecule has 0 radical (unpaired) electrons. The zero-order valence-electron chi connectivity index (χ0n) is 14.7. The lowest BCUT2D eigenvalue weighted by Gasteiger charge is -2.05. The van der Waals surface area contributed by atoms with Gasteiger partial charge >= 0.3 is 0 Å². The number of amides is 2. The van der Waals surface area contributed by atoms with Crippen molar-refractivity contribution in [3.8, 4) is 0 Å². The Kier molecular flexibility index (Phi) is 6.21. The standard InChI is InChI=1S/C20H18ClN3O2S/c1-13(25)22-11-14-6-8-15(9-7-14)19(26)24-20-23-12-17(27-20)10-16-4-2-3-5-18(16)21/h2-9,12H,10-11H2,1H3,(H,22,25)(H,23,24,26). The van der Waals surface area contributed by atoms with E-state index in [1.54, 1.807) is 18.3 Å². The van der Waals surface area contributed by atoms with Gasteiger partial charge in [0.05, 0.1) is 0 Å². The minimum absolute atomic E-state index is 0.0896. The van der Waals surface area contributed by atoms with Crippen molar-refractivity contribution >= 4 is 39.9 Å². The first-order valence-corrected chi connectivity index (χ1v) is 9.53. The molecule has 5 nitrogen and oxygen atoms in total. The van der Waals surface area contributed by atoms with Crippen LogP contribution in [0.4, 0.5) is 5.13 Å². The number of thiazole rings is 1. The van der Waals surface area contributed by atoms with Crippen molar-refractivity contribution < 1.29 is 9.59 Å². The van der Waals surface area contributed by atoms with E-state index in [9.17, 15) is 9.59 Å². The molecule has 0 bridgehead atoms. The highest BCUT2D eigenvalue weighted by molar-refractivity contribution is 7.15. The van der Waals surface area contributed by atoms with Crippen LogP contribution in [-0.2, 0) is 17.8 Å². The molecule has 0 aliphatic carbocycles.